The van der Waals surface area contributed by atoms with Crippen LogP contribution in [0.3, 0.4) is 0 Å². The van der Waals surface area contributed by atoms with Crippen molar-refractivity contribution in [1.82, 2.24) is 15.3 Å². The molecule has 4 rings (SSSR count). The Kier molecular flexibility index (Phi) is 5.31. The van der Waals surface area contributed by atoms with Gasteiger partial charge < -0.3 is 19.8 Å². The number of aromatic amines is 1. The Balaban J connectivity index is 1.50. The predicted molar refractivity (Wildman–Crippen MR) is 119 cm³/mol. The van der Waals surface area contributed by atoms with Crippen LogP contribution < -0.4 is 10.1 Å². The lowest BCUT2D eigenvalue weighted by molar-refractivity contribution is 0.0520. The van der Waals surface area contributed by atoms with Gasteiger partial charge in [-0.15, -0.1) is 0 Å². The molecule has 0 aliphatic carbocycles. The van der Waals surface area contributed by atoms with Gasteiger partial charge in [0, 0.05) is 22.5 Å². The van der Waals surface area contributed by atoms with Crippen molar-refractivity contribution in [2.24, 2.45) is 0 Å². The van der Waals surface area contributed by atoms with Gasteiger partial charge in [0.05, 0.1) is 6.54 Å². The predicted octanol–water partition coefficient (Wildman–Crippen LogP) is 5.29. The third-order valence-corrected chi connectivity index (χ3v) is 4.58. The summed E-state index contributed by atoms with van der Waals surface area (Å²) in [7, 11) is 0. The van der Waals surface area contributed by atoms with Crippen LogP contribution in [0.4, 0.5) is 4.79 Å². The number of rotatable bonds is 5. The van der Waals surface area contributed by atoms with Crippen LogP contribution in [0.15, 0.2) is 60.8 Å². The number of amides is 1. The van der Waals surface area contributed by atoms with Gasteiger partial charge in [0.1, 0.15) is 23.6 Å². The van der Waals surface area contributed by atoms with Gasteiger partial charge in [0.2, 0.25) is 0 Å². The highest BCUT2D eigenvalue weighted by molar-refractivity contribution is 6.12. The number of ether oxygens (including phenoxy) is 2. The zero-order valence-corrected chi connectivity index (χ0v) is 17.4. The van der Waals surface area contributed by atoms with Crippen molar-refractivity contribution in [3.8, 4) is 16.9 Å². The fraction of sp³-hybridized carbons (Fsp3) is 0.250. The number of carbonyl (C=O) groups excluding carboxylic acids is 1. The molecule has 2 heterocycles. The summed E-state index contributed by atoms with van der Waals surface area (Å²) in [6.07, 6.45) is 1.36. The number of pyridine rings is 1. The van der Waals surface area contributed by atoms with Crippen LogP contribution in [0.25, 0.3) is 33.1 Å². The summed E-state index contributed by atoms with van der Waals surface area (Å²) in [5.74, 6) is 0.739. The molecule has 30 heavy (non-hydrogen) atoms. The zero-order valence-electron chi connectivity index (χ0n) is 17.4. The lowest BCUT2D eigenvalue weighted by atomic mass is 10.0. The molecule has 0 unspecified atom stereocenters. The summed E-state index contributed by atoms with van der Waals surface area (Å²) < 4.78 is 11.1. The topological polar surface area (TPSA) is 76.2 Å². The first kappa shape index (κ1) is 19.8. The Bertz CT molecular complexity index is 1190. The van der Waals surface area contributed by atoms with Crippen molar-refractivity contribution in [2.75, 3.05) is 13.2 Å². The largest absolute Gasteiger partial charge is 0.492 e. The maximum atomic E-state index is 11.7. The average molecular weight is 403 g/mol. The van der Waals surface area contributed by atoms with E-state index in [1.54, 1.807) is 0 Å². The van der Waals surface area contributed by atoms with E-state index in [0.717, 1.165) is 38.8 Å². The van der Waals surface area contributed by atoms with E-state index >= 15 is 0 Å². The summed E-state index contributed by atoms with van der Waals surface area (Å²) in [5.41, 5.74) is 3.55. The highest BCUT2D eigenvalue weighted by atomic mass is 16.6. The fourth-order valence-electron chi connectivity index (χ4n) is 3.40. The summed E-state index contributed by atoms with van der Waals surface area (Å²) in [5, 5.41) is 4.93. The molecule has 0 saturated carbocycles. The molecule has 0 aliphatic rings. The molecule has 0 spiro atoms. The highest BCUT2D eigenvalue weighted by Gasteiger charge is 2.15. The summed E-state index contributed by atoms with van der Waals surface area (Å²) in [4.78, 5) is 19.6. The molecule has 0 atom stereocenters. The first-order valence-electron chi connectivity index (χ1n) is 9.96. The van der Waals surface area contributed by atoms with Crippen LogP contribution in [0, 0.1) is 0 Å². The summed E-state index contributed by atoms with van der Waals surface area (Å²) in [6.45, 7) is 6.21. The van der Waals surface area contributed by atoms with Crippen molar-refractivity contribution in [3.63, 3.8) is 0 Å². The van der Waals surface area contributed by atoms with Crippen molar-refractivity contribution in [3.05, 3.63) is 60.8 Å². The number of nitrogens with one attached hydrogen (secondary N) is 2. The molecule has 1 amide bonds. The van der Waals surface area contributed by atoms with Crippen LogP contribution in [-0.2, 0) is 4.74 Å². The number of benzene rings is 2. The van der Waals surface area contributed by atoms with Gasteiger partial charge in [-0.25, -0.2) is 9.78 Å². The van der Waals surface area contributed by atoms with Gasteiger partial charge in [-0.3, -0.25) is 0 Å². The zero-order chi connectivity index (χ0) is 21.1. The molecule has 2 N–H and O–H groups in total. The second kappa shape index (κ2) is 8.06. The van der Waals surface area contributed by atoms with Crippen LogP contribution in [0.2, 0.25) is 0 Å². The van der Waals surface area contributed by atoms with E-state index in [1.807, 2.05) is 63.4 Å². The Labute approximate surface area is 175 Å². The molecular weight excluding hydrogens is 378 g/mol. The minimum atomic E-state index is -0.516. The maximum absolute atomic E-state index is 11.7. The minimum Gasteiger partial charge on any atom is -0.492 e. The Morgan fingerprint density at radius 3 is 2.77 bits per heavy atom. The quantitative estimate of drug-likeness (QED) is 0.444. The molecular formula is C24H25N3O3. The Morgan fingerprint density at radius 1 is 1.10 bits per heavy atom. The van der Waals surface area contributed by atoms with Gasteiger partial charge in [-0.1, -0.05) is 30.3 Å². The van der Waals surface area contributed by atoms with E-state index in [1.165, 1.54) is 0 Å². The minimum absolute atomic E-state index is 0.349. The number of fused-ring (bicyclic) bond motifs is 3. The number of hydrogen-bond donors (Lipinski definition) is 2. The molecule has 154 valence electrons. The van der Waals surface area contributed by atoms with Crippen molar-refractivity contribution in [1.29, 1.82) is 0 Å². The monoisotopic (exact) mass is 403 g/mol. The average Bonchev–Trinajstić information content (AvgIpc) is 3.09. The normalized spacial score (nSPS) is 11.6. The van der Waals surface area contributed by atoms with Crippen molar-refractivity contribution >= 4 is 28.0 Å². The van der Waals surface area contributed by atoms with E-state index in [2.05, 4.69) is 33.5 Å². The fourth-order valence-corrected chi connectivity index (χ4v) is 3.40. The van der Waals surface area contributed by atoms with Crippen molar-refractivity contribution in [2.45, 2.75) is 26.4 Å². The van der Waals surface area contributed by atoms with E-state index in [-0.39, 0.29) is 0 Å². The molecule has 2 aromatic heterocycles. The third kappa shape index (κ3) is 4.38. The molecule has 0 fully saturated rings. The lowest BCUT2D eigenvalue weighted by Crippen LogP contribution is -2.34. The lowest BCUT2D eigenvalue weighted by Gasteiger charge is -2.19. The van der Waals surface area contributed by atoms with Crippen molar-refractivity contribution < 1.29 is 14.3 Å². The molecule has 0 radical (unpaired) electrons. The highest BCUT2D eigenvalue weighted by Crippen LogP contribution is 2.34. The van der Waals surface area contributed by atoms with Gasteiger partial charge in [-0.2, -0.15) is 0 Å². The van der Waals surface area contributed by atoms with Gasteiger partial charge in [0.15, 0.2) is 0 Å². The van der Waals surface area contributed by atoms with Gasteiger partial charge in [0.25, 0.3) is 0 Å². The molecule has 0 saturated heterocycles. The molecule has 6 nitrogen and oxygen atoms in total. The number of H-pyrrole nitrogens is 1. The molecule has 0 bridgehead atoms. The van der Waals surface area contributed by atoms with Crippen LogP contribution in [-0.4, -0.2) is 34.8 Å². The van der Waals surface area contributed by atoms with Gasteiger partial charge >= 0.3 is 6.09 Å². The number of carbonyl (C=O) groups is 1. The second-order valence-corrected chi connectivity index (χ2v) is 8.06. The number of hydrogen-bond acceptors (Lipinski definition) is 4. The summed E-state index contributed by atoms with van der Waals surface area (Å²) >= 11 is 0. The first-order chi connectivity index (χ1) is 14.4. The maximum Gasteiger partial charge on any atom is 0.407 e. The van der Waals surface area contributed by atoms with Crippen LogP contribution in [0.5, 0.6) is 5.75 Å². The second-order valence-electron chi connectivity index (χ2n) is 8.06. The van der Waals surface area contributed by atoms with Gasteiger partial charge in [-0.05, 0) is 56.2 Å². The van der Waals surface area contributed by atoms with E-state index < -0.39 is 11.7 Å². The van der Waals surface area contributed by atoms with Crippen LogP contribution >= 0.6 is 0 Å². The standard InChI is InChI=1S/C24H25N3O3/c1-24(2,3)30-23(28)26-13-14-29-17-8-6-7-16(15-17)18-11-12-25-22-21(18)19-9-4-5-10-20(19)27-22/h4-12,15H,13-14H2,1-3H3,(H,25,27)(H,26,28). The smallest absolute Gasteiger partial charge is 0.407 e. The Hall–Kier alpha value is -3.54. The Morgan fingerprint density at radius 2 is 1.93 bits per heavy atom. The molecule has 0 aliphatic heterocycles. The SMILES string of the molecule is CC(C)(C)OC(=O)NCCOc1cccc(-c2ccnc3[nH]c4ccccc4c23)c1. The van der Waals surface area contributed by atoms with E-state index in [0.29, 0.717) is 13.2 Å². The number of alkyl carbamates (subject to hydrolysis) is 1. The number of nitrogens with zero attached hydrogens (tertiary/aromatic N) is 1. The van der Waals surface area contributed by atoms with E-state index in [4.69, 9.17) is 9.47 Å². The number of aromatic nitrogens is 2. The first-order valence-corrected chi connectivity index (χ1v) is 9.96. The molecule has 4 aromatic rings. The van der Waals surface area contributed by atoms with Crippen LogP contribution in [0.1, 0.15) is 20.8 Å². The molecule has 6 heteroatoms. The number of para-hydroxylation sites is 1. The third-order valence-electron chi connectivity index (χ3n) is 4.58. The van der Waals surface area contributed by atoms with E-state index in [9.17, 15) is 4.79 Å². The summed E-state index contributed by atoms with van der Waals surface area (Å²) in [6, 6.07) is 18.1. The molecule has 2 aromatic carbocycles.